The molecule has 2 N–H and O–H groups in total. The van der Waals surface area contributed by atoms with Gasteiger partial charge < -0.3 is 15.4 Å². The average molecular weight is 276 g/mol. The number of hydrogen-bond donors (Lipinski definition) is 2. The highest BCUT2D eigenvalue weighted by Gasteiger charge is 2.12. The van der Waals surface area contributed by atoms with E-state index in [2.05, 4.69) is 25.7 Å². The normalized spacial score (nSPS) is 10.6. The first-order chi connectivity index (χ1) is 9.72. The van der Waals surface area contributed by atoms with Gasteiger partial charge in [0.25, 0.3) is 0 Å². The summed E-state index contributed by atoms with van der Waals surface area (Å²) in [6.45, 7) is 4.26. The Hall–Kier alpha value is -2.15. The molecule has 0 aromatic carbocycles. The molecule has 7 heteroatoms. The Morgan fingerprint density at radius 1 is 1.25 bits per heavy atom. The van der Waals surface area contributed by atoms with Crippen molar-refractivity contribution >= 4 is 5.95 Å². The first-order valence-electron chi connectivity index (χ1n) is 6.50. The molecule has 0 aliphatic heterocycles. The zero-order chi connectivity index (χ0) is 14.4. The Kier molecular flexibility index (Phi) is 4.89. The fraction of sp³-hybridized carbons (Fsp3) is 0.462. The molecule has 2 heterocycles. The van der Waals surface area contributed by atoms with Crippen LogP contribution in [0.5, 0.6) is 5.88 Å². The molecule has 0 aliphatic carbocycles. The molecule has 0 saturated carbocycles. The van der Waals surface area contributed by atoms with Gasteiger partial charge in [-0.2, -0.15) is 5.10 Å². The van der Waals surface area contributed by atoms with Gasteiger partial charge in [0, 0.05) is 39.1 Å². The van der Waals surface area contributed by atoms with Crippen LogP contribution in [0.25, 0.3) is 0 Å². The minimum absolute atomic E-state index is 0.643. The lowest BCUT2D eigenvalue weighted by molar-refractivity contribution is 0.368. The molecular weight excluding hydrogens is 256 g/mol. The van der Waals surface area contributed by atoms with Gasteiger partial charge in [-0.3, -0.25) is 0 Å². The van der Waals surface area contributed by atoms with Crippen LogP contribution in [0.4, 0.5) is 5.95 Å². The number of hydrogen-bond acceptors (Lipinski definition) is 6. The van der Waals surface area contributed by atoms with Crippen LogP contribution in [0.15, 0.2) is 18.5 Å². The van der Waals surface area contributed by atoms with Gasteiger partial charge in [0.1, 0.15) is 0 Å². The van der Waals surface area contributed by atoms with E-state index in [1.54, 1.807) is 30.3 Å². The van der Waals surface area contributed by atoms with E-state index in [-0.39, 0.29) is 0 Å². The third-order valence-electron chi connectivity index (χ3n) is 2.93. The molecule has 2 aromatic heterocycles. The van der Waals surface area contributed by atoms with Crippen LogP contribution in [0, 0.1) is 6.92 Å². The fourth-order valence-corrected chi connectivity index (χ4v) is 2.01. The molecule has 0 amide bonds. The zero-order valence-electron chi connectivity index (χ0n) is 12.1. The summed E-state index contributed by atoms with van der Waals surface area (Å²) in [6.07, 6.45) is 3.43. The van der Waals surface area contributed by atoms with E-state index in [1.165, 1.54) is 0 Å². The summed E-state index contributed by atoms with van der Waals surface area (Å²) in [6, 6.07) is 1.79. The standard InChI is InChI=1S/C13H20N6O/c1-10-11(12(20-3)19(2)18-10)9-14-7-8-17-13-15-5-4-6-16-13/h4-6,14H,7-9H2,1-3H3,(H,15,16,17). The van der Waals surface area contributed by atoms with Crippen LogP contribution in [0.3, 0.4) is 0 Å². The summed E-state index contributed by atoms with van der Waals surface area (Å²) >= 11 is 0. The van der Waals surface area contributed by atoms with Gasteiger partial charge in [0.05, 0.1) is 18.4 Å². The van der Waals surface area contributed by atoms with E-state index in [9.17, 15) is 0 Å². The number of nitrogens with zero attached hydrogens (tertiary/aromatic N) is 4. The molecule has 0 unspecified atom stereocenters. The molecule has 7 nitrogen and oxygen atoms in total. The largest absolute Gasteiger partial charge is 0.481 e. The van der Waals surface area contributed by atoms with Gasteiger partial charge in [-0.05, 0) is 13.0 Å². The predicted molar refractivity (Wildman–Crippen MR) is 76.7 cm³/mol. The molecule has 2 aromatic rings. The summed E-state index contributed by atoms with van der Waals surface area (Å²) in [5.74, 6) is 1.44. The summed E-state index contributed by atoms with van der Waals surface area (Å²) in [5, 5.41) is 10.8. The van der Waals surface area contributed by atoms with Crippen LogP contribution in [-0.4, -0.2) is 39.9 Å². The van der Waals surface area contributed by atoms with E-state index < -0.39 is 0 Å². The first kappa shape index (κ1) is 14.3. The number of rotatable bonds is 7. The lowest BCUT2D eigenvalue weighted by Crippen LogP contribution is -2.22. The molecule has 20 heavy (non-hydrogen) atoms. The highest BCUT2D eigenvalue weighted by molar-refractivity contribution is 5.30. The molecule has 0 aliphatic rings. The van der Waals surface area contributed by atoms with Crippen molar-refractivity contribution in [2.75, 3.05) is 25.5 Å². The van der Waals surface area contributed by atoms with Crippen molar-refractivity contribution in [3.05, 3.63) is 29.7 Å². The molecule has 0 atom stereocenters. The molecule has 108 valence electrons. The van der Waals surface area contributed by atoms with Crippen molar-refractivity contribution in [1.82, 2.24) is 25.1 Å². The molecule has 0 bridgehead atoms. The summed E-state index contributed by atoms with van der Waals surface area (Å²) < 4.78 is 7.10. The summed E-state index contributed by atoms with van der Waals surface area (Å²) in [4.78, 5) is 8.19. The summed E-state index contributed by atoms with van der Waals surface area (Å²) in [7, 11) is 3.54. The van der Waals surface area contributed by atoms with Crippen LogP contribution < -0.4 is 15.4 Å². The third-order valence-corrected chi connectivity index (χ3v) is 2.93. The smallest absolute Gasteiger partial charge is 0.222 e. The maximum Gasteiger partial charge on any atom is 0.222 e. The molecule has 2 rings (SSSR count). The van der Waals surface area contributed by atoms with E-state index >= 15 is 0 Å². The average Bonchev–Trinajstić information content (AvgIpc) is 2.73. The lowest BCUT2D eigenvalue weighted by atomic mass is 10.2. The fourth-order valence-electron chi connectivity index (χ4n) is 2.01. The van der Waals surface area contributed by atoms with Crippen LogP contribution >= 0.6 is 0 Å². The third kappa shape index (κ3) is 3.45. The monoisotopic (exact) mass is 276 g/mol. The maximum absolute atomic E-state index is 5.35. The van der Waals surface area contributed by atoms with Crippen molar-refractivity contribution < 1.29 is 4.74 Å². The highest BCUT2D eigenvalue weighted by atomic mass is 16.5. The molecule has 0 saturated heterocycles. The number of anilines is 1. The zero-order valence-corrected chi connectivity index (χ0v) is 12.1. The number of nitrogens with one attached hydrogen (secondary N) is 2. The Balaban J connectivity index is 1.76. The maximum atomic E-state index is 5.35. The van der Waals surface area contributed by atoms with Crippen LogP contribution in [0.2, 0.25) is 0 Å². The van der Waals surface area contributed by atoms with Gasteiger partial charge in [-0.1, -0.05) is 0 Å². The Bertz CT molecular complexity index is 539. The van der Waals surface area contributed by atoms with Gasteiger partial charge in [0.2, 0.25) is 11.8 Å². The van der Waals surface area contributed by atoms with Gasteiger partial charge in [-0.25, -0.2) is 14.6 Å². The van der Waals surface area contributed by atoms with Gasteiger partial charge >= 0.3 is 0 Å². The Morgan fingerprint density at radius 2 is 2.00 bits per heavy atom. The predicted octanol–water partition coefficient (Wildman–Crippen LogP) is 0.729. The SMILES string of the molecule is COc1c(CNCCNc2ncccn2)c(C)nn1C. The Labute approximate surface area is 118 Å². The second-order valence-electron chi connectivity index (χ2n) is 4.37. The molecule has 0 spiro atoms. The van der Waals surface area contributed by atoms with Crippen molar-refractivity contribution in [2.24, 2.45) is 7.05 Å². The van der Waals surface area contributed by atoms with Gasteiger partial charge in [0.15, 0.2) is 0 Å². The lowest BCUT2D eigenvalue weighted by Gasteiger charge is -2.07. The van der Waals surface area contributed by atoms with Crippen LogP contribution in [0.1, 0.15) is 11.3 Å². The van der Waals surface area contributed by atoms with Crippen molar-refractivity contribution in [1.29, 1.82) is 0 Å². The minimum atomic E-state index is 0.643. The van der Waals surface area contributed by atoms with Crippen molar-refractivity contribution in [2.45, 2.75) is 13.5 Å². The van der Waals surface area contributed by atoms with Crippen molar-refractivity contribution in [3.63, 3.8) is 0 Å². The quantitative estimate of drug-likeness (QED) is 0.726. The van der Waals surface area contributed by atoms with Gasteiger partial charge in [-0.15, -0.1) is 0 Å². The molecule has 0 radical (unpaired) electrons. The van der Waals surface area contributed by atoms with E-state index in [4.69, 9.17) is 4.74 Å². The number of aryl methyl sites for hydroxylation is 2. The van der Waals surface area contributed by atoms with E-state index in [0.29, 0.717) is 5.95 Å². The van der Waals surface area contributed by atoms with E-state index in [0.717, 1.165) is 36.8 Å². The number of methoxy groups -OCH3 is 1. The molecular formula is C13H20N6O. The second kappa shape index (κ2) is 6.85. The molecule has 0 fully saturated rings. The van der Waals surface area contributed by atoms with Crippen LogP contribution in [-0.2, 0) is 13.6 Å². The minimum Gasteiger partial charge on any atom is -0.481 e. The number of ether oxygens (including phenoxy) is 1. The Morgan fingerprint density at radius 3 is 2.70 bits per heavy atom. The number of aromatic nitrogens is 4. The highest BCUT2D eigenvalue weighted by Crippen LogP contribution is 2.20. The first-order valence-corrected chi connectivity index (χ1v) is 6.50. The topological polar surface area (TPSA) is 76.9 Å². The van der Waals surface area contributed by atoms with Crippen molar-refractivity contribution in [3.8, 4) is 5.88 Å². The second-order valence-corrected chi connectivity index (χ2v) is 4.37. The summed E-state index contributed by atoms with van der Waals surface area (Å²) in [5.41, 5.74) is 2.07. The van der Waals surface area contributed by atoms with E-state index in [1.807, 2.05) is 14.0 Å².